The Morgan fingerprint density at radius 3 is 2.54 bits per heavy atom. The Kier molecular flexibility index (Phi) is 5.09. The molecule has 1 aliphatic rings. The van der Waals surface area contributed by atoms with E-state index in [0.29, 0.717) is 12.0 Å². The fraction of sp³-hybridized carbons (Fsp3) is 0.304. The molecule has 3 atom stereocenters. The highest BCUT2D eigenvalue weighted by Gasteiger charge is 2.36. The predicted molar refractivity (Wildman–Crippen MR) is 109 cm³/mol. The Bertz CT molecular complexity index is 840. The molecule has 0 amide bonds. The number of hydrogen-bond acceptors (Lipinski definition) is 3. The van der Waals surface area contributed by atoms with Gasteiger partial charge in [-0.2, -0.15) is 0 Å². The molecule has 3 heteroatoms. The second-order valence-electron chi connectivity index (χ2n) is 7.03. The minimum Gasteiger partial charge on any atom is -0.485 e. The van der Waals surface area contributed by atoms with Crippen LogP contribution in [0, 0.1) is 12.8 Å². The normalized spacial score (nSPS) is 20.4. The van der Waals surface area contributed by atoms with Gasteiger partial charge in [-0.05, 0) is 61.5 Å². The molecule has 1 N–H and O–H groups in total. The average Bonchev–Trinajstić information content (AvgIpc) is 3.16. The van der Waals surface area contributed by atoms with Gasteiger partial charge in [-0.25, -0.2) is 0 Å². The number of aryl methyl sites for hydroxylation is 2. The van der Waals surface area contributed by atoms with Gasteiger partial charge in [0.15, 0.2) is 0 Å². The van der Waals surface area contributed by atoms with Crippen molar-refractivity contribution in [3.8, 4) is 5.75 Å². The second-order valence-corrected chi connectivity index (χ2v) is 8.03. The lowest BCUT2D eigenvalue weighted by atomic mass is 9.78. The summed E-state index contributed by atoms with van der Waals surface area (Å²) in [5.41, 5.74) is 3.95. The van der Waals surface area contributed by atoms with Crippen molar-refractivity contribution < 1.29 is 4.74 Å². The molecule has 0 saturated heterocycles. The molecule has 0 radical (unpaired) electrons. The highest BCUT2D eigenvalue weighted by molar-refractivity contribution is 7.10. The van der Waals surface area contributed by atoms with Crippen molar-refractivity contribution in [1.82, 2.24) is 5.32 Å². The van der Waals surface area contributed by atoms with Crippen molar-refractivity contribution >= 4 is 11.3 Å². The zero-order chi connectivity index (χ0) is 17.9. The fourth-order valence-corrected chi connectivity index (χ4v) is 4.98. The van der Waals surface area contributed by atoms with Crippen LogP contribution in [-0.4, -0.2) is 7.05 Å². The maximum Gasteiger partial charge on any atom is 0.128 e. The Morgan fingerprint density at radius 1 is 1.04 bits per heavy atom. The zero-order valence-corrected chi connectivity index (χ0v) is 16.1. The van der Waals surface area contributed by atoms with E-state index in [-0.39, 0.29) is 6.10 Å². The van der Waals surface area contributed by atoms with E-state index in [0.717, 1.165) is 18.6 Å². The van der Waals surface area contributed by atoms with Crippen molar-refractivity contribution in [1.29, 1.82) is 0 Å². The molecule has 3 aromatic rings. The van der Waals surface area contributed by atoms with Gasteiger partial charge in [0.25, 0.3) is 0 Å². The van der Waals surface area contributed by atoms with Gasteiger partial charge in [0.2, 0.25) is 0 Å². The molecule has 3 unspecified atom stereocenters. The molecule has 0 bridgehead atoms. The molecule has 1 aromatic heterocycles. The van der Waals surface area contributed by atoms with Gasteiger partial charge in [0.05, 0.1) is 0 Å². The Hall–Kier alpha value is -2.10. The van der Waals surface area contributed by atoms with E-state index in [1.807, 2.05) is 11.3 Å². The maximum atomic E-state index is 6.58. The number of benzene rings is 2. The molecular formula is C23H25NOS. The first-order chi connectivity index (χ1) is 12.8. The Labute approximate surface area is 159 Å². The summed E-state index contributed by atoms with van der Waals surface area (Å²) in [4.78, 5) is 1.52. The zero-order valence-electron chi connectivity index (χ0n) is 15.3. The van der Waals surface area contributed by atoms with E-state index in [4.69, 9.17) is 4.74 Å². The monoisotopic (exact) mass is 363 g/mol. The third-order valence-electron chi connectivity index (χ3n) is 5.36. The maximum absolute atomic E-state index is 6.58. The lowest BCUT2D eigenvalue weighted by Crippen LogP contribution is -2.35. The summed E-state index contributed by atoms with van der Waals surface area (Å²) in [6.07, 6.45) is 2.30. The van der Waals surface area contributed by atoms with Gasteiger partial charge >= 0.3 is 0 Å². The van der Waals surface area contributed by atoms with E-state index < -0.39 is 0 Å². The van der Waals surface area contributed by atoms with Crippen LogP contribution in [0.25, 0.3) is 0 Å². The van der Waals surface area contributed by atoms with E-state index in [9.17, 15) is 0 Å². The summed E-state index contributed by atoms with van der Waals surface area (Å²) in [5, 5.41) is 5.79. The van der Waals surface area contributed by atoms with Crippen molar-refractivity contribution in [2.24, 2.45) is 5.92 Å². The second kappa shape index (κ2) is 7.65. The first-order valence-electron chi connectivity index (χ1n) is 9.28. The van der Waals surface area contributed by atoms with Crippen LogP contribution in [-0.2, 0) is 6.42 Å². The first kappa shape index (κ1) is 17.3. The van der Waals surface area contributed by atoms with Gasteiger partial charge in [0.1, 0.15) is 11.9 Å². The van der Waals surface area contributed by atoms with Crippen LogP contribution in [0.5, 0.6) is 5.75 Å². The molecule has 134 valence electrons. The van der Waals surface area contributed by atoms with Crippen molar-refractivity contribution in [3.63, 3.8) is 0 Å². The highest BCUT2D eigenvalue weighted by atomic mass is 32.1. The molecule has 1 aliphatic carbocycles. The van der Waals surface area contributed by atoms with E-state index >= 15 is 0 Å². The molecule has 0 saturated carbocycles. The average molecular weight is 364 g/mol. The minimum absolute atomic E-state index is 0.0319. The largest absolute Gasteiger partial charge is 0.485 e. The smallest absolute Gasteiger partial charge is 0.128 e. The molecule has 0 aliphatic heterocycles. The molecular weight excluding hydrogens is 338 g/mol. The predicted octanol–water partition coefficient (Wildman–Crippen LogP) is 5.70. The number of thiophene rings is 1. The lowest BCUT2D eigenvalue weighted by molar-refractivity contribution is 0.0982. The van der Waals surface area contributed by atoms with Crippen LogP contribution in [0.2, 0.25) is 0 Å². The molecule has 1 heterocycles. The first-order valence-corrected chi connectivity index (χ1v) is 10.2. The third-order valence-corrected chi connectivity index (χ3v) is 6.36. The summed E-state index contributed by atoms with van der Waals surface area (Å²) in [6, 6.07) is 21.7. The van der Waals surface area contributed by atoms with Crippen LogP contribution in [0.1, 0.15) is 40.1 Å². The van der Waals surface area contributed by atoms with Gasteiger partial charge in [0, 0.05) is 16.8 Å². The topological polar surface area (TPSA) is 21.3 Å². The van der Waals surface area contributed by atoms with Crippen molar-refractivity contribution in [2.45, 2.75) is 31.9 Å². The van der Waals surface area contributed by atoms with E-state index in [1.165, 1.54) is 21.6 Å². The van der Waals surface area contributed by atoms with Crippen molar-refractivity contribution in [2.75, 3.05) is 7.05 Å². The molecule has 2 aromatic carbocycles. The Morgan fingerprint density at radius 2 is 1.81 bits per heavy atom. The quantitative estimate of drug-likeness (QED) is 0.628. The molecule has 0 spiro atoms. The van der Waals surface area contributed by atoms with Crippen LogP contribution in [0.15, 0.2) is 66.0 Å². The highest BCUT2D eigenvalue weighted by Crippen LogP contribution is 2.44. The van der Waals surface area contributed by atoms with E-state index in [2.05, 4.69) is 85.3 Å². The van der Waals surface area contributed by atoms with Gasteiger partial charge in [-0.3, -0.25) is 0 Å². The van der Waals surface area contributed by atoms with Crippen molar-refractivity contribution in [3.05, 3.63) is 87.6 Å². The van der Waals surface area contributed by atoms with Gasteiger partial charge in [-0.1, -0.05) is 48.0 Å². The van der Waals surface area contributed by atoms with Crippen LogP contribution >= 0.6 is 11.3 Å². The number of ether oxygens (including phenoxy) is 1. The lowest BCUT2D eigenvalue weighted by Gasteiger charge is -2.37. The number of hydrogen-bond donors (Lipinski definition) is 1. The summed E-state index contributed by atoms with van der Waals surface area (Å²) < 4.78 is 6.58. The van der Waals surface area contributed by atoms with E-state index in [1.54, 1.807) is 0 Å². The summed E-state index contributed by atoms with van der Waals surface area (Å²) in [7, 11) is 2.07. The Balaban J connectivity index is 1.69. The summed E-state index contributed by atoms with van der Waals surface area (Å²) >= 11 is 1.88. The van der Waals surface area contributed by atoms with Crippen LogP contribution in [0.3, 0.4) is 0 Å². The third kappa shape index (κ3) is 3.42. The number of nitrogens with one attached hydrogen (secondary N) is 1. The van der Waals surface area contributed by atoms with Gasteiger partial charge < -0.3 is 10.1 Å². The molecule has 4 rings (SSSR count). The SMILES string of the molecule is CNC1c2ccsc2CCC1C(Oc1ccc(C)cc1)c1ccccc1. The number of rotatable bonds is 5. The molecule has 0 fully saturated rings. The fourth-order valence-electron chi connectivity index (χ4n) is 4.03. The molecule has 26 heavy (non-hydrogen) atoms. The molecule has 2 nitrogen and oxygen atoms in total. The van der Waals surface area contributed by atoms with Crippen LogP contribution in [0.4, 0.5) is 0 Å². The number of fused-ring (bicyclic) bond motifs is 1. The van der Waals surface area contributed by atoms with Crippen LogP contribution < -0.4 is 10.1 Å². The summed E-state index contributed by atoms with van der Waals surface area (Å²) in [5.74, 6) is 1.33. The minimum atomic E-state index is 0.0319. The van der Waals surface area contributed by atoms with Gasteiger partial charge in [-0.15, -0.1) is 11.3 Å². The summed E-state index contributed by atoms with van der Waals surface area (Å²) in [6.45, 7) is 2.11. The standard InChI is InChI=1S/C23H25NOS/c1-16-8-10-18(11-9-16)25-23(17-6-4-3-5-7-17)20-12-13-21-19(14-15-26-21)22(20)24-2/h3-11,14-15,20,22-24H,12-13H2,1-2H3.